The second-order valence-electron chi connectivity index (χ2n) is 8.23. The third-order valence-electron chi connectivity index (χ3n) is 5.80. The lowest BCUT2D eigenvalue weighted by atomic mass is 10.3. The van der Waals surface area contributed by atoms with Crippen molar-refractivity contribution in [3.8, 4) is 0 Å². The van der Waals surface area contributed by atoms with Crippen molar-refractivity contribution in [1.82, 2.24) is 4.98 Å². The lowest BCUT2D eigenvalue weighted by Gasteiger charge is -2.29. The predicted molar refractivity (Wildman–Crippen MR) is 151 cm³/mol. The summed E-state index contributed by atoms with van der Waals surface area (Å²) in [6.07, 6.45) is 0. The summed E-state index contributed by atoms with van der Waals surface area (Å²) in [6.45, 7) is 4.31. The van der Waals surface area contributed by atoms with Gasteiger partial charge in [0.25, 0.3) is 0 Å². The van der Waals surface area contributed by atoms with E-state index in [2.05, 4.69) is 141 Å². The maximum atomic E-state index is 5.00. The molecule has 1 nitrogen and oxygen atoms in total. The van der Waals surface area contributed by atoms with E-state index in [1.165, 1.54) is 31.8 Å². The van der Waals surface area contributed by atoms with Gasteiger partial charge in [-0.1, -0.05) is 121 Å². The number of aromatic nitrogens is 1. The molecule has 0 saturated heterocycles. The Kier molecular flexibility index (Phi) is 6.96. The first-order valence-corrected chi connectivity index (χ1v) is 14.2. The normalized spacial score (nSPS) is 11.2. The summed E-state index contributed by atoms with van der Waals surface area (Å²) in [6, 6.07) is 46.2. The van der Waals surface area contributed by atoms with Crippen LogP contribution in [0.5, 0.6) is 0 Å². The van der Waals surface area contributed by atoms with E-state index < -0.39 is 15.8 Å². The minimum absolute atomic E-state index is 0.736. The van der Waals surface area contributed by atoms with E-state index in [1.807, 2.05) is 0 Å². The fourth-order valence-electron chi connectivity index (χ4n) is 4.39. The van der Waals surface area contributed by atoms with Crippen LogP contribution in [0.1, 0.15) is 11.4 Å². The summed E-state index contributed by atoms with van der Waals surface area (Å²) in [5, 5.41) is 8.25. The van der Waals surface area contributed by atoms with Crippen LogP contribution in [0.25, 0.3) is 0 Å². The van der Waals surface area contributed by atoms with E-state index in [9.17, 15) is 0 Å². The SMILES string of the molecule is Cc1cc(P(c2ccccc2)c2ccccc2)c(P(c2ccccc2)c2ccccc2)c(C)n1. The van der Waals surface area contributed by atoms with Gasteiger partial charge in [0.15, 0.2) is 0 Å². The molecular weight excluding hydrogens is 448 g/mol. The minimum atomic E-state index is -0.759. The number of pyridine rings is 1. The summed E-state index contributed by atoms with van der Waals surface area (Å²) in [5.74, 6) is 0. The monoisotopic (exact) mass is 475 g/mol. The standard InChI is InChI=1S/C31H27NP2/c1-24-23-30(33(26-15-7-3-8-16-26)27-17-9-4-10-18-27)31(25(2)32-24)34(28-19-11-5-12-20-28)29-21-13-6-14-22-29/h3-23H,1-2H3. The van der Waals surface area contributed by atoms with Crippen molar-refractivity contribution >= 4 is 47.7 Å². The van der Waals surface area contributed by atoms with Crippen LogP contribution < -0.4 is 31.8 Å². The molecule has 0 aliphatic carbocycles. The van der Waals surface area contributed by atoms with Gasteiger partial charge >= 0.3 is 0 Å². The highest BCUT2D eigenvalue weighted by atomic mass is 31.1. The zero-order valence-electron chi connectivity index (χ0n) is 19.5. The van der Waals surface area contributed by atoms with E-state index in [1.54, 1.807) is 0 Å². The summed E-state index contributed by atoms with van der Waals surface area (Å²) in [5.41, 5.74) is 2.21. The molecular formula is C31H27NP2. The lowest BCUT2D eigenvalue weighted by Crippen LogP contribution is -2.37. The molecule has 1 heterocycles. The third-order valence-corrected chi connectivity index (χ3v) is 11.1. The van der Waals surface area contributed by atoms with Gasteiger partial charge in [-0.2, -0.15) is 0 Å². The van der Waals surface area contributed by atoms with Gasteiger partial charge in [0.2, 0.25) is 0 Å². The van der Waals surface area contributed by atoms with E-state index in [-0.39, 0.29) is 0 Å². The molecule has 5 aromatic rings. The van der Waals surface area contributed by atoms with Crippen LogP contribution in [0.15, 0.2) is 127 Å². The van der Waals surface area contributed by atoms with Crippen LogP contribution in [-0.4, -0.2) is 4.98 Å². The van der Waals surface area contributed by atoms with Gasteiger partial charge in [-0.3, -0.25) is 4.98 Å². The van der Waals surface area contributed by atoms with E-state index in [0.717, 1.165) is 11.4 Å². The van der Waals surface area contributed by atoms with E-state index in [4.69, 9.17) is 4.98 Å². The quantitative estimate of drug-likeness (QED) is 0.307. The summed E-state index contributed by atoms with van der Waals surface area (Å²) in [7, 11) is -1.50. The number of hydrogen-bond donors (Lipinski definition) is 0. The summed E-state index contributed by atoms with van der Waals surface area (Å²) < 4.78 is 0. The molecule has 3 heteroatoms. The Balaban J connectivity index is 1.82. The molecule has 0 aliphatic heterocycles. The molecule has 0 bridgehead atoms. The van der Waals surface area contributed by atoms with Crippen LogP contribution >= 0.6 is 15.8 Å². The molecule has 0 saturated carbocycles. The van der Waals surface area contributed by atoms with Gasteiger partial charge < -0.3 is 0 Å². The first-order chi connectivity index (χ1) is 16.7. The van der Waals surface area contributed by atoms with Gasteiger partial charge in [0, 0.05) is 16.7 Å². The lowest BCUT2D eigenvalue weighted by molar-refractivity contribution is 1.15. The molecule has 1 aromatic heterocycles. The first-order valence-electron chi connectivity index (χ1n) is 11.5. The van der Waals surface area contributed by atoms with Crippen LogP contribution in [-0.2, 0) is 0 Å². The molecule has 0 spiro atoms. The van der Waals surface area contributed by atoms with Crippen molar-refractivity contribution in [1.29, 1.82) is 0 Å². The smallest absolute Gasteiger partial charge is 0.0465 e. The molecule has 0 fully saturated rings. The van der Waals surface area contributed by atoms with E-state index in [0.29, 0.717) is 0 Å². The Morgan fingerprint density at radius 1 is 0.471 bits per heavy atom. The third kappa shape index (κ3) is 4.74. The first kappa shape index (κ1) is 22.7. The van der Waals surface area contributed by atoms with Crippen molar-refractivity contribution in [2.75, 3.05) is 0 Å². The van der Waals surface area contributed by atoms with Crippen molar-refractivity contribution < 1.29 is 0 Å². The minimum Gasteiger partial charge on any atom is -0.258 e. The number of hydrogen-bond acceptors (Lipinski definition) is 1. The van der Waals surface area contributed by atoms with Crippen molar-refractivity contribution in [2.45, 2.75) is 13.8 Å². The zero-order chi connectivity index (χ0) is 23.3. The van der Waals surface area contributed by atoms with E-state index >= 15 is 0 Å². The van der Waals surface area contributed by atoms with Crippen LogP contribution in [0.2, 0.25) is 0 Å². The zero-order valence-corrected chi connectivity index (χ0v) is 21.3. The van der Waals surface area contributed by atoms with Gasteiger partial charge in [-0.25, -0.2) is 0 Å². The second kappa shape index (κ2) is 10.4. The summed E-state index contributed by atoms with van der Waals surface area (Å²) >= 11 is 0. The Hall–Kier alpha value is -3.11. The van der Waals surface area contributed by atoms with Crippen molar-refractivity contribution in [3.63, 3.8) is 0 Å². The number of rotatable bonds is 6. The fraction of sp³-hybridized carbons (Fsp3) is 0.0645. The molecule has 166 valence electrons. The molecule has 0 atom stereocenters. The number of nitrogens with zero attached hydrogens (tertiary/aromatic N) is 1. The fourth-order valence-corrected chi connectivity index (χ4v) is 9.90. The highest BCUT2D eigenvalue weighted by Crippen LogP contribution is 2.39. The molecule has 0 aliphatic rings. The van der Waals surface area contributed by atoms with Gasteiger partial charge in [0.05, 0.1) is 0 Å². The van der Waals surface area contributed by atoms with Crippen molar-refractivity contribution in [3.05, 3.63) is 139 Å². The molecule has 4 aromatic carbocycles. The average Bonchev–Trinajstić information content (AvgIpc) is 2.88. The Morgan fingerprint density at radius 3 is 1.21 bits per heavy atom. The Bertz CT molecular complexity index is 1280. The molecule has 0 N–H and O–H groups in total. The van der Waals surface area contributed by atoms with Gasteiger partial charge in [-0.15, -0.1) is 0 Å². The molecule has 0 unspecified atom stereocenters. The van der Waals surface area contributed by atoms with Crippen molar-refractivity contribution in [2.24, 2.45) is 0 Å². The maximum Gasteiger partial charge on any atom is 0.0465 e. The number of aryl methyl sites for hydroxylation is 2. The summed E-state index contributed by atoms with van der Waals surface area (Å²) in [4.78, 5) is 5.00. The molecule has 0 radical (unpaired) electrons. The highest BCUT2D eigenvalue weighted by molar-refractivity contribution is 7.85. The highest BCUT2D eigenvalue weighted by Gasteiger charge is 2.28. The van der Waals surface area contributed by atoms with Crippen LogP contribution in [0, 0.1) is 13.8 Å². The second-order valence-corrected chi connectivity index (χ2v) is 12.6. The largest absolute Gasteiger partial charge is 0.258 e. The molecule has 5 rings (SSSR count). The predicted octanol–water partition coefficient (Wildman–Crippen LogP) is 5.21. The number of benzene rings is 4. The molecule has 0 amide bonds. The maximum absolute atomic E-state index is 5.00. The van der Waals surface area contributed by atoms with Crippen LogP contribution in [0.3, 0.4) is 0 Å². The molecule has 34 heavy (non-hydrogen) atoms. The topological polar surface area (TPSA) is 12.9 Å². The average molecular weight is 476 g/mol. The van der Waals surface area contributed by atoms with Crippen LogP contribution in [0.4, 0.5) is 0 Å². The Labute approximate surface area is 205 Å². The Morgan fingerprint density at radius 2 is 0.824 bits per heavy atom. The van der Waals surface area contributed by atoms with Gasteiger partial charge in [-0.05, 0) is 62.3 Å². The van der Waals surface area contributed by atoms with Gasteiger partial charge in [0.1, 0.15) is 0 Å².